The van der Waals surface area contributed by atoms with Crippen LogP contribution >= 0.6 is 0 Å². The summed E-state index contributed by atoms with van der Waals surface area (Å²) in [7, 11) is 0. The zero-order valence-electron chi connectivity index (χ0n) is 66.2. The molecule has 61 heteroatoms. The van der Waals surface area contributed by atoms with Gasteiger partial charge in [0.2, 0.25) is 17.4 Å². The Bertz CT molecular complexity index is 2800. The first-order valence-electron chi connectivity index (χ1n) is 37.6. The number of hydrogen-bond donors (Lipinski definition) is 49. The van der Waals surface area contributed by atoms with E-state index in [9.17, 15) is 102 Å². The van der Waals surface area contributed by atoms with Crippen LogP contribution in [0.25, 0.3) is 0 Å². The first-order chi connectivity index (χ1) is 58.5. The summed E-state index contributed by atoms with van der Waals surface area (Å²) in [5.74, 6) is -6.74. The van der Waals surface area contributed by atoms with Gasteiger partial charge in [-0.25, -0.2) is 0 Å². The number of ether oxygens (including phenoxy) is 10. The van der Waals surface area contributed by atoms with Crippen LogP contribution in [0.5, 0.6) is 0 Å². The van der Waals surface area contributed by atoms with E-state index in [0.29, 0.717) is 0 Å². The van der Waals surface area contributed by atoms with E-state index in [0.717, 1.165) is 0 Å². The molecule has 7 aliphatic heterocycles. The van der Waals surface area contributed by atoms with Gasteiger partial charge in [-0.2, -0.15) is 0 Å². The van der Waals surface area contributed by atoms with Gasteiger partial charge in [0.15, 0.2) is 37.7 Å². The lowest BCUT2D eigenvalue weighted by atomic mass is 9.85. The molecule has 0 aromatic rings. The molecule has 43 atom stereocenters. The van der Waals surface area contributed by atoms with E-state index in [1.165, 1.54) is 6.92 Å². The minimum absolute atomic E-state index is 0.0258. The lowest BCUT2D eigenvalue weighted by molar-refractivity contribution is -0.388. The second kappa shape index (κ2) is 56.4. The van der Waals surface area contributed by atoms with Crippen LogP contribution in [-0.4, -0.2) is 648 Å². The van der Waals surface area contributed by atoms with E-state index in [4.69, 9.17) is 196 Å². The molecule has 8 fully saturated rings. The molecule has 752 valence electrons. The van der Waals surface area contributed by atoms with Gasteiger partial charge in [-0.1, -0.05) is 0 Å². The highest BCUT2D eigenvalue weighted by Crippen LogP contribution is 2.39. The molecule has 61 nitrogen and oxygen atoms in total. The van der Waals surface area contributed by atoms with E-state index in [1.54, 1.807) is 0 Å². The van der Waals surface area contributed by atoms with Gasteiger partial charge in [0.05, 0.1) is 78.8 Å². The summed E-state index contributed by atoms with van der Waals surface area (Å²) in [6, 6.07) is 0. The van der Waals surface area contributed by atoms with Crippen molar-refractivity contribution in [3.05, 3.63) is 0 Å². The van der Waals surface area contributed by atoms with Crippen molar-refractivity contribution < 1.29 is 307 Å². The number of aliphatic hydroxyl groups excluding tert-OH is 48. The number of carbonyl (C=O) groups excluding carboxylic acids is 2. The van der Waals surface area contributed by atoms with Crippen LogP contribution in [0, 0.1) is 0 Å². The molecule has 1 aliphatic carbocycles. The molecule has 1 unspecified atom stereocenters. The smallest absolute Gasteiger partial charge is 0.224 e. The minimum Gasteiger partial charge on any atom is -0.394 e. The van der Waals surface area contributed by atoms with E-state index in [2.05, 4.69) is 9.47 Å². The maximum absolute atomic E-state index is 10.3. The van der Waals surface area contributed by atoms with Gasteiger partial charge >= 0.3 is 0 Å². The van der Waals surface area contributed by atoms with Crippen molar-refractivity contribution in [2.24, 2.45) is 0 Å². The zero-order valence-corrected chi connectivity index (χ0v) is 66.2. The van der Waals surface area contributed by atoms with Gasteiger partial charge in [-0.05, 0) is 6.92 Å². The molecule has 0 bridgehead atoms. The van der Waals surface area contributed by atoms with Crippen molar-refractivity contribution >= 4 is 12.6 Å². The standard InChI is InChI=1S/C18H32O16.C12H22O11.2C6H12O6.C6H14O6.C6H12O6.C6H12O5.C5H10O5/c19-1-5-8(22)11(25)13(27)16(31-5)30-3-7-9(23)12(26)14(28)17(32-7)34-18(4-21)15(29)10(24)6(2-20)33-18;13-1-4-6(16)8(18)9(19)11(21-4)23-12(3-15)10(20)7(17)5(2-14)22-12;7-1-3-4(9)5(10)6(11,2-8)12-3;7-1-2(8)4(10)6(12)5(11)3(1)9;2*7-1-3(9)5(11)6(12)4(10)2-8;1-3(8)5(10)6(11)4(9)2-7;6-2-1-10-5(9)4(8)3(2)7/h5-17,19-29H,1-4H2;4-11,13-20H,1-3H2;3-5,7-11H,1-2H2;1-12H;3-12H,1-2H2;1,3-6,8-12H,2H2;2-6,8-11H,1H3;2-9H,1H2/t5-,6-,7-,8+,9-,10-,11+,12+,13-,14-,15+,16+,17-,18+;4-,5-,6-,7-,8+,9-,10+,11-,12+;3-,4-,5+,6-;;3-,4-,5-,6-;3-,4+,5+,6+;3-,4-,5-,6-;2-,3+,4-,5?/m111.1001/s1. The Morgan fingerprint density at radius 2 is 0.603 bits per heavy atom. The van der Waals surface area contributed by atoms with E-state index in [1.807, 2.05) is 0 Å². The summed E-state index contributed by atoms with van der Waals surface area (Å²) in [4.78, 5) is 19.8. The number of aliphatic hydroxyl groups is 49. The average Bonchev–Trinajstić information content (AvgIpc) is 1.60. The van der Waals surface area contributed by atoms with Crippen LogP contribution in [-0.2, 0) is 57.0 Å². The summed E-state index contributed by atoms with van der Waals surface area (Å²) in [6.45, 7) is -7.95. The molecule has 8 aliphatic rings. The third kappa shape index (κ3) is 31.5. The van der Waals surface area contributed by atoms with Crippen molar-refractivity contribution in [3.63, 3.8) is 0 Å². The van der Waals surface area contributed by atoms with Crippen LogP contribution in [0.1, 0.15) is 6.92 Å². The third-order valence-electron chi connectivity index (χ3n) is 20.0. The van der Waals surface area contributed by atoms with E-state index >= 15 is 0 Å². The van der Waals surface area contributed by atoms with Gasteiger partial charge in [0.25, 0.3) is 0 Å². The maximum atomic E-state index is 10.3. The summed E-state index contributed by atoms with van der Waals surface area (Å²) >= 11 is 0. The average molecular weight is 1880 g/mol. The van der Waals surface area contributed by atoms with Crippen molar-refractivity contribution in [1.29, 1.82) is 0 Å². The van der Waals surface area contributed by atoms with Crippen LogP contribution in [0.15, 0.2) is 0 Å². The Balaban J connectivity index is 0.000000757. The molecule has 0 aromatic heterocycles. The van der Waals surface area contributed by atoms with Crippen LogP contribution in [0.2, 0.25) is 0 Å². The normalized spacial score (nSPS) is 43.2. The van der Waals surface area contributed by atoms with Gasteiger partial charge in [-0.15, -0.1) is 0 Å². The largest absolute Gasteiger partial charge is 0.394 e. The molecule has 0 amide bonds. The Kier molecular flexibility index (Phi) is 54.1. The van der Waals surface area contributed by atoms with Gasteiger partial charge in [0, 0.05) is 0 Å². The van der Waals surface area contributed by atoms with Gasteiger partial charge < -0.3 is 307 Å². The highest BCUT2D eigenvalue weighted by atomic mass is 16.8. The first-order valence-corrected chi connectivity index (χ1v) is 37.6. The summed E-state index contributed by atoms with van der Waals surface area (Å²) in [5, 5.41) is 450. The quantitative estimate of drug-likeness (QED) is 0.0309. The molecule has 1 saturated carbocycles. The molecular formula is C65H126O61. The Hall–Kier alpha value is -3.02. The van der Waals surface area contributed by atoms with Crippen molar-refractivity contribution in [2.75, 3.05) is 85.9 Å². The van der Waals surface area contributed by atoms with Gasteiger partial charge in [-0.3, -0.25) is 0 Å². The van der Waals surface area contributed by atoms with E-state index in [-0.39, 0.29) is 19.2 Å². The molecule has 8 rings (SSSR count). The van der Waals surface area contributed by atoms with E-state index < -0.39 is 378 Å². The van der Waals surface area contributed by atoms with Crippen LogP contribution in [0.4, 0.5) is 0 Å². The highest BCUT2D eigenvalue weighted by molar-refractivity contribution is 5.57. The Morgan fingerprint density at radius 1 is 0.317 bits per heavy atom. The predicted octanol–water partition coefficient (Wildman–Crippen LogP) is -31.9. The SMILES string of the molecule is C[C@H](O)[C@H](O)[C@@H](O)[C@@H](O)C=O.O=C[C@H](O)[C@@H](O)[C@H](O)[C@H](O)CO.OC1C(O)C(O)C(O)C(O)C1O.OC1OC[C@@H](O)[C@H](O)[C@H]1O.OC[C@@H](O)[C@@H](O)[C@H](O)[C@H](O)CO.OC[C@H]1O[C@@](CO)(O[C@H]2O[C@H](CO)[C@@H](O)[C@H](O)[C@H]2O)[C@@H](O)[C@@H]1O.OC[C@H]1O[C@H](OC[C@H]2O[C@H](O[C@]3(CO)O[C@H](CO)[C@@H](O)[C@@H]3O)[C@H](O)[C@@H](O)[C@@H]2O)[C@H](O)[C@@H](O)[C@H]1O.OC[C@H]1O[C@](O)(CO)[C@@H](O)[C@@H]1O. The second-order valence-electron chi connectivity index (χ2n) is 29.1. The molecule has 0 radical (unpaired) electrons. The number of rotatable bonds is 29. The minimum atomic E-state index is -2.36. The fourth-order valence-electron chi connectivity index (χ4n) is 11.7. The first kappa shape index (κ1) is 121. The molecular weight excluding hydrogens is 1760 g/mol. The van der Waals surface area contributed by atoms with Crippen molar-refractivity contribution in [3.8, 4) is 0 Å². The summed E-state index contributed by atoms with van der Waals surface area (Å²) < 4.78 is 51.0. The Labute approximate surface area is 709 Å². The van der Waals surface area contributed by atoms with Crippen LogP contribution in [0.3, 0.4) is 0 Å². The molecule has 7 heterocycles. The lowest BCUT2D eigenvalue weighted by Crippen LogP contribution is -2.63. The lowest BCUT2D eigenvalue weighted by Gasteiger charge is -2.44. The predicted molar refractivity (Wildman–Crippen MR) is 383 cm³/mol. The zero-order chi connectivity index (χ0) is 97.7. The number of aldehydes is 2. The third-order valence-corrected chi connectivity index (χ3v) is 20.0. The van der Waals surface area contributed by atoms with Crippen molar-refractivity contribution in [2.45, 2.75) is 306 Å². The number of carbonyl (C=O) groups is 2. The second-order valence-corrected chi connectivity index (χ2v) is 29.1. The Morgan fingerprint density at radius 3 is 0.881 bits per heavy atom. The highest BCUT2D eigenvalue weighted by Gasteiger charge is 2.61. The molecule has 7 saturated heterocycles. The molecule has 0 spiro atoms. The molecule has 126 heavy (non-hydrogen) atoms. The monoisotopic (exact) mass is 1880 g/mol. The fraction of sp³-hybridized carbons (Fsp3) is 0.969. The van der Waals surface area contributed by atoms with Crippen molar-refractivity contribution in [1.82, 2.24) is 0 Å². The molecule has 0 aromatic carbocycles. The maximum Gasteiger partial charge on any atom is 0.224 e. The van der Waals surface area contributed by atoms with Crippen LogP contribution < -0.4 is 0 Å². The van der Waals surface area contributed by atoms with Gasteiger partial charge in [0.1, 0.15) is 263 Å². The fourth-order valence-corrected chi connectivity index (χ4v) is 11.7. The summed E-state index contributed by atoms with van der Waals surface area (Å²) in [6.07, 6.45) is -72.6. The summed E-state index contributed by atoms with van der Waals surface area (Å²) in [5.41, 5.74) is 0. The topological polar surface area (TPSA) is 1120 Å². The number of hydrogen-bond acceptors (Lipinski definition) is 61. The molecule has 49 N–H and O–H groups in total.